The van der Waals surface area contributed by atoms with Crippen LogP contribution in [0.4, 0.5) is 0 Å². The summed E-state index contributed by atoms with van der Waals surface area (Å²) in [4.78, 5) is 28.5. The summed E-state index contributed by atoms with van der Waals surface area (Å²) in [5, 5.41) is 7.44. The SMILES string of the molecule is CCCC(=O)N1CCCC12C(=O)N(Cc1nnco1)C2C. The second-order valence-corrected chi connectivity index (χ2v) is 5.76. The summed E-state index contributed by atoms with van der Waals surface area (Å²) >= 11 is 0. The van der Waals surface area contributed by atoms with E-state index in [2.05, 4.69) is 10.2 Å². The monoisotopic (exact) mass is 292 g/mol. The zero-order valence-corrected chi connectivity index (χ0v) is 12.4. The van der Waals surface area contributed by atoms with Gasteiger partial charge < -0.3 is 14.2 Å². The number of rotatable bonds is 4. The second kappa shape index (κ2) is 5.13. The van der Waals surface area contributed by atoms with Crippen LogP contribution in [0, 0.1) is 0 Å². The first-order valence-corrected chi connectivity index (χ1v) is 7.48. The van der Waals surface area contributed by atoms with Crippen molar-refractivity contribution in [2.75, 3.05) is 6.54 Å². The predicted octanol–water partition coefficient (Wildman–Crippen LogP) is 0.962. The van der Waals surface area contributed by atoms with Crippen molar-refractivity contribution in [3.8, 4) is 0 Å². The molecule has 0 aliphatic carbocycles. The number of nitrogens with zero attached hydrogens (tertiary/aromatic N) is 4. The fourth-order valence-electron chi connectivity index (χ4n) is 3.61. The molecule has 7 nitrogen and oxygen atoms in total. The van der Waals surface area contributed by atoms with Crippen LogP contribution in [0.25, 0.3) is 0 Å². The molecule has 0 radical (unpaired) electrons. The zero-order valence-electron chi connectivity index (χ0n) is 12.4. The van der Waals surface area contributed by atoms with Gasteiger partial charge >= 0.3 is 0 Å². The molecule has 2 fully saturated rings. The minimum atomic E-state index is -0.633. The van der Waals surface area contributed by atoms with Crippen LogP contribution in [-0.2, 0) is 16.1 Å². The van der Waals surface area contributed by atoms with Gasteiger partial charge in [0.15, 0.2) is 0 Å². The molecule has 2 unspecified atom stereocenters. The molecule has 0 aromatic carbocycles. The Morgan fingerprint density at radius 2 is 2.38 bits per heavy atom. The molecular weight excluding hydrogens is 272 g/mol. The second-order valence-electron chi connectivity index (χ2n) is 5.76. The highest BCUT2D eigenvalue weighted by Gasteiger charge is 2.64. The minimum Gasteiger partial charge on any atom is -0.426 e. The molecule has 2 aliphatic rings. The van der Waals surface area contributed by atoms with Crippen molar-refractivity contribution in [2.24, 2.45) is 0 Å². The maximum atomic E-state index is 12.7. The maximum Gasteiger partial charge on any atom is 0.251 e. The number of carbonyl (C=O) groups is 2. The molecule has 2 saturated heterocycles. The summed E-state index contributed by atoms with van der Waals surface area (Å²) < 4.78 is 5.10. The van der Waals surface area contributed by atoms with Crippen LogP contribution in [0.1, 0.15) is 45.4 Å². The lowest BCUT2D eigenvalue weighted by atomic mass is 9.77. The Labute approximate surface area is 123 Å². The fraction of sp³-hybridized carbons (Fsp3) is 0.714. The third-order valence-electron chi connectivity index (χ3n) is 4.69. The van der Waals surface area contributed by atoms with E-state index in [1.807, 2.05) is 13.8 Å². The molecular formula is C14H20N4O3. The number of carbonyl (C=O) groups excluding carboxylic acids is 2. The number of aromatic nitrogens is 2. The Morgan fingerprint density at radius 3 is 3.00 bits per heavy atom. The Hall–Kier alpha value is -1.92. The van der Waals surface area contributed by atoms with Crippen molar-refractivity contribution in [1.29, 1.82) is 0 Å². The Kier molecular flexibility index (Phi) is 3.43. The predicted molar refractivity (Wildman–Crippen MR) is 72.9 cm³/mol. The van der Waals surface area contributed by atoms with Crippen molar-refractivity contribution in [3.63, 3.8) is 0 Å². The van der Waals surface area contributed by atoms with Crippen molar-refractivity contribution in [2.45, 2.75) is 57.7 Å². The van der Waals surface area contributed by atoms with E-state index < -0.39 is 5.54 Å². The van der Waals surface area contributed by atoms with Crippen LogP contribution in [0.5, 0.6) is 0 Å². The van der Waals surface area contributed by atoms with Crippen molar-refractivity contribution >= 4 is 11.8 Å². The third kappa shape index (κ3) is 1.94. The van der Waals surface area contributed by atoms with Gasteiger partial charge in [-0.05, 0) is 26.2 Å². The Balaban J connectivity index is 1.77. The molecule has 114 valence electrons. The summed E-state index contributed by atoms with van der Waals surface area (Å²) in [5.74, 6) is 0.525. The topological polar surface area (TPSA) is 79.5 Å². The lowest BCUT2D eigenvalue weighted by Crippen LogP contribution is -2.77. The highest BCUT2D eigenvalue weighted by molar-refractivity contribution is 5.98. The average molecular weight is 292 g/mol. The number of amides is 2. The van der Waals surface area contributed by atoms with Gasteiger partial charge in [0.25, 0.3) is 5.91 Å². The molecule has 3 rings (SSSR count). The van der Waals surface area contributed by atoms with Crippen LogP contribution in [-0.4, -0.2) is 49.9 Å². The van der Waals surface area contributed by atoms with E-state index >= 15 is 0 Å². The molecule has 1 spiro atoms. The molecule has 0 saturated carbocycles. The van der Waals surface area contributed by atoms with Gasteiger partial charge in [0.1, 0.15) is 5.54 Å². The number of hydrogen-bond acceptors (Lipinski definition) is 5. The molecule has 3 heterocycles. The third-order valence-corrected chi connectivity index (χ3v) is 4.69. The summed E-state index contributed by atoms with van der Waals surface area (Å²) in [5.41, 5.74) is -0.633. The van der Waals surface area contributed by atoms with E-state index in [9.17, 15) is 9.59 Å². The molecule has 21 heavy (non-hydrogen) atoms. The van der Waals surface area contributed by atoms with Crippen LogP contribution >= 0.6 is 0 Å². The molecule has 0 bridgehead atoms. The van der Waals surface area contributed by atoms with Crippen LogP contribution in [0.15, 0.2) is 10.8 Å². The molecule has 7 heteroatoms. The van der Waals surface area contributed by atoms with E-state index in [0.717, 1.165) is 19.3 Å². The molecule has 2 amide bonds. The highest BCUT2D eigenvalue weighted by atomic mass is 16.4. The highest BCUT2D eigenvalue weighted by Crippen LogP contribution is 2.45. The largest absolute Gasteiger partial charge is 0.426 e. The summed E-state index contributed by atoms with van der Waals surface area (Å²) in [6.45, 7) is 4.98. The Bertz CT molecular complexity index is 544. The van der Waals surface area contributed by atoms with Crippen molar-refractivity contribution in [1.82, 2.24) is 20.0 Å². The fourth-order valence-corrected chi connectivity index (χ4v) is 3.61. The number of likely N-dealkylation sites (tertiary alicyclic amines) is 2. The molecule has 0 N–H and O–H groups in total. The molecule has 1 aromatic rings. The Morgan fingerprint density at radius 1 is 1.57 bits per heavy atom. The standard InChI is InChI=1S/C14H20N4O3/c1-3-5-12(19)18-7-4-6-14(18)10(2)17(13(14)20)8-11-16-15-9-21-11/h9-10H,3-8H2,1-2H3. The lowest BCUT2D eigenvalue weighted by molar-refractivity contribution is -0.178. The molecule has 2 aliphatic heterocycles. The number of β-lactam (4-membered cyclic amide) rings is 1. The van der Waals surface area contributed by atoms with E-state index in [0.29, 0.717) is 25.4 Å². The van der Waals surface area contributed by atoms with E-state index in [1.165, 1.54) is 6.39 Å². The van der Waals surface area contributed by atoms with Crippen LogP contribution < -0.4 is 0 Å². The first-order valence-electron chi connectivity index (χ1n) is 7.48. The van der Waals surface area contributed by atoms with Crippen LogP contribution in [0.2, 0.25) is 0 Å². The smallest absolute Gasteiger partial charge is 0.251 e. The first kappa shape index (κ1) is 14.0. The van der Waals surface area contributed by atoms with Crippen molar-refractivity contribution in [3.05, 3.63) is 12.3 Å². The van der Waals surface area contributed by atoms with Gasteiger partial charge in [0.2, 0.25) is 18.2 Å². The first-order chi connectivity index (χ1) is 10.1. The average Bonchev–Trinajstić information content (AvgIpc) is 3.14. The van der Waals surface area contributed by atoms with E-state index in [4.69, 9.17) is 4.42 Å². The summed E-state index contributed by atoms with van der Waals surface area (Å²) in [6.07, 6.45) is 4.21. The van der Waals surface area contributed by atoms with Gasteiger partial charge in [0, 0.05) is 13.0 Å². The van der Waals surface area contributed by atoms with E-state index in [1.54, 1.807) is 9.80 Å². The summed E-state index contributed by atoms with van der Waals surface area (Å²) in [7, 11) is 0. The van der Waals surface area contributed by atoms with Crippen molar-refractivity contribution < 1.29 is 14.0 Å². The maximum absolute atomic E-state index is 12.7. The van der Waals surface area contributed by atoms with Gasteiger partial charge in [-0.1, -0.05) is 6.92 Å². The quantitative estimate of drug-likeness (QED) is 0.772. The minimum absolute atomic E-state index is 0.00940. The molecule has 2 atom stereocenters. The van der Waals surface area contributed by atoms with Crippen LogP contribution in [0.3, 0.4) is 0 Å². The van der Waals surface area contributed by atoms with Gasteiger partial charge in [0.05, 0.1) is 12.6 Å². The number of hydrogen-bond donors (Lipinski definition) is 0. The van der Waals surface area contributed by atoms with Gasteiger partial charge in [-0.15, -0.1) is 10.2 Å². The van der Waals surface area contributed by atoms with Gasteiger partial charge in [-0.3, -0.25) is 9.59 Å². The zero-order chi connectivity index (χ0) is 15.0. The normalized spacial score (nSPS) is 28.3. The molecule has 1 aromatic heterocycles. The van der Waals surface area contributed by atoms with Gasteiger partial charge in [-0.25, -0.2) is 0 Å². The van der Waals surface area contributed by atoms with Gasteiger partial charge in [-0.2, -0.15) is 0 Å². The summed E-state index contributed by atoms with van der Waals surface area (Å²) in [6, 6.07) is -0.0137. The lowest BCUT2D eigenvalue weighted by Gasteiger charge is -2.56. The van der Waals surface area contributed by atoms with E-state index in [-0.39, 0.29) is 17.9 Å².